The van der Waals surface area contributed by atoms with Crippen LogP contribution in [0.3, 0.4) is 0 Å². The molecule has 16 heavy (non-hydrogen) atoms. The number of aliphatic hydroxyl groups is 1. The molecule has 0 saturated carbocycles. The van der Waals surface area contributed by atoms with Crippen LogP contribution in [0.15, 0.2) is 18.2 Å². The number of carbonyl (C=O) groups is 1. The van der Waals surface area contributed by atoms with E-state index in [4.69, 9.17) is 5.11 Å². The smallest absolute Gasteiger partial charge is 0.252 e. The molecule has 0 saturated heterocycles. The van der Waals surface area contributed by atoms with Crippen LogP contribution >= 0.6 is 22.6 Å². The third-order valence-electron chi connectivity index (χ3n) is 2.28. The Morgan fingerprint density at radius 1 is 1.50 bits per heavy atom. The van der Waals surface area contributed by atoms with Crippen molar-refractivity contribution < 1.29 is 9.90 Å². The van der Waals surface area contributed by atoms with Crippen molar-refractivity contribution >= 4 is 28.5 Å². The van der Waals surface area contributed by atoms with Crippen molar-refractivity contribution in [2.45, 2.75) is 26.3 Å². The Bertz CT molecular complexity index is 402. The molecule has 0 unspecified atom stereocenters. The number of carbonyl (C=O) groups excluding carboxylic acids is 1. The van der Waals surface area contributed by atoms with Crippen LogP contribution in [0.4, 0.5) is 0 Å². The molecule has 1 rings (SSSR count). The van der Waals surface area contributed by atoms with E-state index in [9.17, 15) is 4.79 Å². The first kappa shape index (κ1) is 13.4. The fourth-order valence-corrected chi connectivity index (χ4v) is 1.84. The zero-order valence-electron chi connectivity index (χ0n) is 9.67. The standard InChI is InChI=1S/C12H16INO2/c1-8-5-4-6-9(10(8)13)11(16)14-12(2,3)7-15/h4-6,15H,7H2,1-3H3,(H,14,16). The zero-order chi connectivity index (χ0) is 12.3. The van der Waals surface area contributed by atoms with Gasteiger partial charge in [0, 0.05) is 3.57 Å². The van der Waals surface area contributed by atoms with E-state index in [-0.39, 0.29) is 12.5 Å². The average molecular weight is 333 g/mol. The van der Waals surface area contributed by atoms with E-state index in [1.807, 2.05) is 19.1 Å². The van der Waals surface area contributed by atoms with Crippen molar-refractivity contribution in [2.75, 3.05) is 6.61 Å². The maximum absolute atomic E-state index is 12.0. The maximum atomic E-state index is 12.0. The van der Waals surface area contributed by atoms with Gasteiger partial charge >= 0.3 is 0 Å². The van der Waals surface area contributed by atoms with Crippen LogP contribution in [0, 0.1) is 10.5 Å². The molecule has 0 aliphatic heterocycles. The number of aryl methyl sites for hydroxylation is 1. The lowest BCUT2D eigenvalue weighted by molar-refractivity contribution is 0.0868. The Labute approximate surface area is 109 Å². The summed E-state index contributed by atoms with van der Waals surface area (Å²) in [5, 5.41) is 11.9. The van der Waals surface area contributed by atoms with Gasteiger partial charge in [-0.2, -0.15) is 0 Å². The Balaban J connectivity index is 2.94. The minimum Gasteiger partial charge on any atom is -0.394 e. The quantitative estimate of drug-likeness (QED) is 0.833. The Morgan fingerprint density at radius 3 is 2.69 bits per heavy atom. The lowest BCUT2D eigenvalue weighted by Crippen LogP contribution is -2.46. The predicted octanol–water partition coefficient (Wildman–Crippen LogP) is 2.10. The third kappa shape index (κ3) is 3.18. The summed E-state index contributed by atoms with van der Waals surface area (Å²) in [6.45, 7) is 5.46. The van der Waals surface area contributed by atoms with Gasteiger partial charge in [-0.25, -0.2) is 0 Å². The summed E-state index contributed by atoms with van der Waals surface area (Å²) in [5.41, 5.74) is 1.14. The molecule has 0 aliphatic rings. The number of hydrogen-bond donors (Lipinski definition) is 2. The fourth-order valence-electron chi connectivity index (χ4n) is 1.24. The van der Waals surface area contributed by atoms with Crippen molar-refractivity contribution in [3.05, 3.63) is 32.9 Å². The van der Waals surface area contributed by atoms with Gasteiger partial charge in [-0.15, -0.1) is 0 Å². The van der Waals surface area contributed by atoms with Crippen molar-refractivity contribution in [1.29, 1.82) is 0 Å². The normalized spacial score (nSPS) is 11.3. The third-order valence-corrected chi connectivity index (χ3v) is 3.72. The molecule has 0 radical (unpaired) electrons. The summed E-state index contributed by atoms with van der Waals surface area (Å²) in [6.07, 6.45) is 0. The molecular weight excluding hydrogens is 317 g/mol. The number of benzene rings is 1. The van der Waals surface area contributed by atoms with Gasteiger partial charge < -0.3 is 10.4 Å². The summed E-state index contributed by atoms with van der Waals surface area (Å²) in [6, 6.07) is 5.62. The molecule has 0 atom stereocenters. The molecule has 4 heteroatoms. The summed E-state index contributed by atoms with van der Waals surface area (Å²) in [7, 11) is 0. The predicted molar refractivity (Wildman–Crippen MR) is 72.5 cm³/mol. The van der Waals surface area contributed by atoms with Crippen LogP contribution < -0.4 is 5.32 Å². The van der Waals surface area contributed by atoms with Gasteiger partial charge in [0.05, 0.1) is 17.7 Å². The van der Waals surface area contributed by atoms with Gasteiger partial charge in [0.1, 0.15) is 0 Å². The second-order valence-corrected chi connectivity index (χ2v) is 5.51. The first-order valence-electron chi connectivity index (χ1n) is 5.06. The van der Waals surface area contributed by atoms with Gasteiger partial charge in [-0.05, 0) is 55.0 Å². The van der Waals surface area contributed by atoms with Gasteiger partial charge in [0.25, 0.3) is 5.91 Å². The molecule has 3 nitrogen and oxygen atoms in total. The van der Waals surface area contributed by atoms with Crippen molar-refractivity contribution in [3.63, 3.8) is 0 Å². The number of aliphatic hydroxyl groups excluding tert-OH is 1. The van der Waals surface area contributed by atoms with Crippen LogP contribution in [-0.2, 0) is 0 Å². The zero-order valence-corrected chi connectivity index (χ0v) is 11.8. The molecule has 0 fully saturated rings. The second-order valence-electron chi connectivity index (χ2n) is 4.43. The largest absolute Gasteiger partial charge is 0.394 e. The molecule has 0 aliphatic carbocycles. The van der Waals surface area contributed by atoms with Gasteiger partial charge in [-0.3, -0.25) is 4.79 Å². The number of nitrogens with one attached hydrogen (secondary N) is 1. The summed E-state index contributed by atoms with van der Waals surface area (Å²) in [5.74, 6) is -0.146. The molecule has 1 aromatic rings. The monoisotopic (exact) mass is 333 g/mol. The Hall–Kier alpha value is -0.620. The highest BCUT2D eigenvalue weighted by atomic mass is 127. The van der Waals surface area contributed by atoms with Crippen LogP contribution in [0.2, 0.25) is 0 Å². The molecule has 0 bridgehead atoms. The van der Waals surface area contributed by atoms with Crippen LogP contribution in [-0.4, -0.2) is 23.2 Å². The number of halogens is 1. The van der Waals surface area contributed by atoms with E-state index in [2.05, 4.69) is 27.9 Å². The summed E-state index contributed by atoms with van der Waals surface area (Å²) < 4.78 is 0.950. The van der Waals surface area contributed by atoms with Gasteiger partial charge in [-0.1, -0.05) is 12.1 Å². The van der Waals surface area contributed by atoms with Crippen LogP contribution in [0.1, 0.15) is 29.8 Å². The lowest BCUT2D eigenvalue weighted by atomic mass is 10.1. The molecule has 88 valence electrons. The van der Waals surface area contributed by atoms with Crippen LogP contribution in [0.5, 0.6) is 0 Å². The molecule has 0 heterocycles. The lowest BCUT2D eigenvalue weighted by Gasteiger charge is -2.23. The summed E-state index contributed by atoms with van der Waals surface area (Å²) in [4.78, 5) is 12.0. The van der Waals surface area contributed by atoms with E-state index in [1.165, 1.54) is 0 Å². The van der Waals surface area contributed by atoms with Crippen molar-refractivity contribution in [3.8, 4) is 0 Å². The number of hydrogen-bond acceptors (Lipinski definition) is 2. The SMILES string of the molecule is Cc1cccc(C(=O)NC(C)(C)CO)c1I. The minimum absolute atomic E-state index is 0.0822. The highest BCUT2D eigenvalue weighted by Crippen LogP contribution is 2.17. The molecular formula is C12H16INO2. The molecule has 2 N–H and O–H groups in total. The average Bonchev–Trinajstić information content (AvgIpc) is 2.21. The van der Waals surface area contributed by atoms with E-state index in [0.717, 1.165) is 9.13 Å². The highest BCUT2D eigenvalue weighted by Gasteiger charge is 2.21. The summed E-state index contributed by atoms with van der Waals surface area (Å²) >= 11 is 2.16. The Kier molecular flexibility index (Phi) is 4.32. The van der Waals surface area contributed by atoms with Gasteiger partial charge in [0.15, 0.2) is 0 Å². The Morgan fingerprint density at radius 2 is 2.12 bits per heavy atom. The molecule has 0 aromatic heterocycles. The topological polar surface area (TPSA) is 49.3 Å². The highest BCUT2D eigenvalue weighted by molar-refractivity contribution is 14.1. The minimum atomic E-state index is -0.593. The van der Waals surface area contributed by atoms with Gasteiger partial charge in [0.2, 0.25) is 0 Å². The van der Waals surface area contributed by atoms with Crippen molar-refractivity contribution in [1.82, 2.24) is 5.32 Å². The molecule has 1 amide bonds. The maximum Gasteiger partial charge on any atom is 0.252 e. The van der Waals surface area contributed by atoms with Crippen LogP contribution in [0.25, 0.3) is 0 Å². The first-order valence-corrected chi connectivity index (χ1v) is 6.14. The second kappa shape index (κ2) is 5.14. The molecule has 0 spiro atoms. The number of amides is 1. The van der Waals surface area contributed by atoms with E-state index >= 15 is 0 Å². The van der Waals surface area contributed by atoms with E-state index in [0.29, 0.717) is 5.56 Å². The fraction of sp³-hybridized carbons (Fsp3) is 0.417. The van der Waals surface area contributed by atoms with E-state index in [1.54, 1.807) is 19.9 Å². The van der Waals surface area contributed by atoms with Crippen molar-refractivity contribution in [2.24, 2.45) is 0 Å². The number of rotatable bonds is 3. The van der Waals surface area contributed by atoms with E-state index < -0.39 is 5.54 Å². The first-order chi connectivity index (χ1) is 7.37. The molecule has 1 aromatic carbocycles.